The Labute approximate surface area is 105 Å². The fourth-order valence-corrected chi connectivity index (χ4v) is 3.66. The van der Waals surface area contributed by atoms with E-state index in [1.165, 1.54) is 15.4 Å². The number of ether oxygens (including phenoxy) is 1. The van der Waals surface area contributed by atoms with Gasteiger partial charge < -0.3 is 4.74 Å². The van der Waals surface area contributed by atoms with E-state index in [4.69, 9.17) is 4.74 Å². The summed E-state index contributed by atoms with van der Waals surface area (Å²) in [5.74, 6) is 1.79. The molecular formula is C10H10BrN3OS. The predicted molar refractivity (Wildman–Crippen MR) is 64.9 cm³/mol. The van der Waals surface area contributed by atoms with Gasteiger partial charge in [-0.15, -0.1) is 21.5 Å². The van der Waals surface area contributed by atoms with Crippen LogP contribution in [0.1, 0.15) is 22.1 Å². The third-order valence-electron chi connectivity index (χ3n) is 2.65. The minimum absolute atomic E-state index is 0.522. The van der Waals surface area contributed by atoms with Crippen molar-refractivity contribution in [2.45, 2.75) is 27.1 Å². The van der Waals surface area contributed by atoms with Crippen molar-refractivity contribution < 1.29 is 4.74 Å². The molecule has 1 aliphatic rings. The lowest BCUT2D eigenvalue weighted by molar-refractivity contribution is 0.105. The number of fused-ring (bicyclic) bond motifs is 3. The maximum atomic E-state index is 5.61. The Morgan fingerprint density at radius 1 is 1.31 bits per heavy atom. The van der Waals surface area contributed by atoms with E-state index in [1.807, 2.05) is 6.92 Å². The number of hydrogen-bond acceptors (Lipinski definition) is 4. The Balaban J connectivity index is 2.32. The quantitative estimate of drug-likeness (QED) is 0.751. The molecule has 0 fully saturated rings. The van der Waals surface area contributed by atoms with Gasteiger partial charge in [0.2, 0.25) is 0 Å². The minimum Gasteiger partial charge on any atom is -0.369 e. The summed E-state index contributed by atoms with van der Waals surface area (Å²) in [7, 11) is 0. The average Bonchev–Trinajstić information content (AvgIpc) is 2.67. The smallest absolute Gasteiger partial charge is 0.164 e. The van der Waals surface area contributed by atoms with Crippen LogP contribution >= 0.6 is 27.3 Å². The van der Waals surface area contributed by atoms with Crippen molar-refractivity contribution in [1.82, 2.24) is 14.8 Å². The normalized spacial score (nSPS) is 14.4. The van der Waals surface area contributed by atoms with Gasteiger partial charge >= 0.3 is 0 Å². The molecule has 0 saturated heterocycles. The number of aromatic nitrogens is 3. The second-order valence-electron chi connectivity index (χ2n) is 3.75. The number of halogens is 1. The van der Waals surface area contributed by atoms with Crippen LogP contribution in [0, 0.1) is 13.8 Å². The van der Waals surface area contributed by atoms with Crippen LogP contribution in [-0.4, -0.2) is 14.8 Å². The summed E-state index contributed by atoms with van der Waals surface area (Å²) >= 11 is 5.36. The number of nitrogens with zero attached hydrogens (tertiary/aromatic N) is 3. The Morgan fingerprint density at radius 2 is 2.12 bits per heavy atom. The summed E-state index contributed by atoms with van der Waals surface area (Å²) in [5.41, 5.74) is 1.20. The van der Waals surface area contributed by atoms with Crippen molar-refractivity contribution >= 4 is 27.3 Å². The standard InChI is InChI=1S/C10H10BrN3OS/c1-5-9(11)7-3-15-4-8-13-12-6(2)14(8)10(7)16-5/h3-4H2,1-2H3. The van der Waals surface area contributed by atoms with E-state index in [1.54, 1.807) is 11.3 Å². The average molecular weight is 300 g/mol. The van der Waals surface area contributed by atoms with Crippen LogP contribution in [0.5, 0.6) is 0 Å². The Bertz CT molecular complexity index is 561. The Kier molecular flexibility index (Phi) is 2.38. The molecule has 3 heterocycles. The molecule has 0 atom stereocenters. The lowest BCUT2D eigenvalue weighted by atomic mass is 10.3. The topological polar surface area (TPSA) is 39.9 Å². The van der Waals surface area contributed by atoms with Gasteiger partial charge in [-0.05, 0) is 29.8 Å². The van der Waals surface area contributed by atoms with Crippen molar-refractivity contribution in [3.8, 4) is 5.00 Å². The van der Waals surface area contributed by atoms with Crippen molar-refractivity contribution in [1.29, 1.82) is 0 Å². The zero-order valence-electron chi connectivity index (χ0n) is 8.95. The summed E-state index contributed by atoms with van der Waals surface area (Å²) in [6.07, 6.45) is 0. The van der Waals surface area contributed by atoms with Gasteiger partial charge in [0.15, 0.2) is 5.82 Å². The zero-order valence-corrected chi connectivity index (χ0v) is 11.4. The van der Waals surface area contributed by atoms with E-state index in [9.17, 15) is 0 Å². The number of thiophene rings is 1. The van der Waals surface area contributed by atoms with Gasteiger partial charge in [-0.1, -0.05) is 0 Å². The first-order chi connectivity index (χ1) is 7.68. The van der Waals surface area contributed by atoms with Crippen molar-refractivity contribution in [3.05, 3.63) is 26.6 Å². The van der Waals surface area contributed by atoms with Gasteiger partial charge in [-0.3, -0.25) is 4.57 Å². The van der Waals surface area contributed by atoms with Gasteiger partial charge in [0.1, 0.15) is 17.4 Å². The van der Waals surface area contributed by atoms with E-state index < -0.39 is 0 Å². The molecule has 0 amide bonds. The van der Waals surface area contributed by atoms with E-state index in [0.29, 0.717) is 13.2 Å². The van der Waals surface area contributed by atoms with Crippen LogP contribution in [-0.2, 0) is 18.0 Å². The fourth-order valence-electron chi connectivity index (χ4n) is 1.87. The van der Waals surface area contributed by atoms with Crippen LogP contribution in [0.2, 0.25) is 0 Å². The zero-order chi connectivity index (χ0) is 11.3. The monoisotopic (exact) mass is 299 g/mol. The maximum Gasteiger partial charge on any atom is 0.164 e. The first-order valence-electron chi connectivity index (χ1n) is 4.95. The molecule has 4 nitrogen and oxygen atoms in total. The van der Waals surface area contributed by atoms with Gasteiger partial charge in [0.25, 0.3) is 0 Å². The predicted octanol–water partition coefficient (Wildman–Crippen LogP) is 2.74. The molecule has 3 rings (SSSR count). The molecule has 0 spiro atoms. The molecule has 2 aromatic rings. The Morgan fingerprint density at radius 3 is 2.94 bits per heavy atom. The first-order valence-corrected chi connectivity index (χ1v) is 6.56. The number of aryl methyl sites for hydroxylation is 2. The van der Waals surface area contributed by atoms with Gasteiger partial charge in [-0.2, -0.15) is 0 Å². The third-order valence-corrected chi connectivity index (χ3v) is 5.12. The molecule has 16 heavy (non-hydrogen) atoms. The van der Waals surface area contributed by atoms with Crippen LogP contribution in [0.4, 0.5) is 0 Å². The highest BCUT2D eigenvalue weighted by molar-refractivity contribution is 9.10. The van der Waals surface area contributed by atoms with Crippen molar-refractivity contribution in [2.24, 2.45) is 0 Å². The van der Waals surface area contributed by atoms with Gasteiger partial charge in [0, 0.05) is 14.9 Å². The largest absolute Gasteiger partial charge is 0.369 e. The number of rotatable bonds is 0. The van der Waals surface area contributed by atoms with Crippen LogP contribution < -0.4 is 0 Å². The fraction of sp³-hybridized carbons (Fsp3) is 0.400. The summed E-state index contributed by atoms with van der Waals surface area (Å²) in [5, 5.41) is 9.42. The van der Waals surface area contributed by atoms with Crippen molar-refractivity contribution in [2.75, 3.05) is 0 Å². The Hall–Kier alpha value is -0.720. The molecule has 0 unspecified atom stereocenters. The molecule has 0 radical (unpaired) electrons. The molecule has 0 aliphatic carbocycles. The summed E-state index contributed by atoms with van der Waals surface area (Å²) in [6.45, 7) is 5.22. The molecule has 0 bridgehead atoms. The molecule has 0 aromatic carbocycles. The maximum absolute atomic E-state index is 5.61. The lowest BCUT2D eigenvalue weighted by Gasteiger charge is -2.02. The van der Waals surface area contributed by atoms with Crippen LogP contribution in [0.3, 0.4) is 0 Å². The van der Waals surface area contributed by atoms with Crippen LogP contribution in [0.15, 0.2) is 4.47 Å². The molecule has 0 N–H and O–H groups in total. The molecule has 6 heteroatoms. The van der Waals surface area contributed by atoms with Gasteiger partial charge in [-0.25, -0.2) is 0 Å². The van der Waals surface area contributed by atoms with Gasteiger partial charge in [0.05, 0.1) is 6.61 Å². The van der Waals surface area contributed by atoms with Crippen LogP contribution in [0.25, 0.3) is 5.00 Å². The first kappa shape index (κ1) is 10.4. The minimum atomic E-state index is 0.522. The SMILES string of the molecule is Cc1sc2c(c1Br)COCc1nnc(C)n1-2. The van der Waals surface area contributed by atoms with Crippen molar-refractivity contribution in [3.63, 3.8) is 0 Å². The van der Waals surface area contributed by atoms with E-state index in [0.717, 1.165) is 16.1 Å². The van der Waals surface area contributed by atoms with E-state index >= 15 is 0 Å². The highest BCUT2D eigenvalue weighted by atomic mass is 79.9. The summed E-state index contributed by atoms with van der Waals surface area (Å²) < 4.78 is 8.84. The number of hydrogen-bond donors (Lipinski definition) is 0. The third kappa shape index (κ3) is 1.37. The lowest BCUT2D eigenvalue weighted by Crippen LogP contribution is -2.00. The second-order valence-corrected chi connectivity index (χ2v) is 5.74. The summed E-state index contributed by atoms with van der Waals surface area (Å²) in [6, 6.07) is 0. The highest BCUT2D eigenvalue weighted by Gasteiger charge is 2.23. The molecule has 84 valence electrons. The second kappa shape index (κ2) is 3.65. The summed E-state index contributed by atoms with van der Waals surface area (Å²) in [4.78, 5) is 1.26. The molecule has 2 aromatic heterocycles. The molecule has 0 saturated carbocycles. The van der Waals surface area contributed by atoms with E-state index in [2.05, 4.69) is 37.6 Å². The highest BCUT2D eigenvalue weighted by Crippen LogP contribution is 2.38. The van der Waals surface area contributed by atoms with E-state index in [-0.39, 0.29) is 0 Å². The molecule has 1 aliphatic heterocycles. The molecular weight excluding hydrogens is 290 g/mol.